The Kier molecular flexibility index (Phi) is 5.53. The maximum Gasteiger partial charge on any atom is 0.0931 e. The van der Waals surface area contributed by atoms with Gasteiger partial charge in [0.2, 0.25) is 0 Å². The van der Waals surface area contributed by atoms with Crippen molar-refractivity contribution in [3.63, 3.8) is 0 Å². The van der Waals surface area contributed by atoms with Crippen molar-refractivity contribution in [1.82, 2.24) is 5.32 Å². The number of hydrogen-bond acceptors (Lipinski definition) is 2. The molecule has 1 aromatic rings. The van der Waals surface area contributed by atoms with Gasteiger partial charge in [0, 0.05) is 4.88 Å². The lowest BCUT2D eigenvalue weighted by atomic mass is 10.1. The maximum atomic E-state index is 5.87. The molecule has 0 aliphatic rings. The second kappa shape index (κ2) is 6.44. The van der Waals surface area contributed by atoms with E-state index < -0.39 is 0 Å². The molecule has 80 valence electrons. The zero-order chi connectivity index (χ0) is 10.4. The first-order valence-electron chi connectivity index (χ1n) is 5.17. The minimum Gasteiger partial charge on any atom is -0.317 e. The van der Waals surface area contributed by atoms with Crippen LogP contribution in [0.3, 0.4) is 0 Å². The third-order valence-corrected chi connectivity index (χ3v) is 3.55. The van der Waals surface area contributed by atoms with Crippen LogP contribution >= 0.6 is 22.9 Å². The first kappa shape index (κ1) is 12.0. The Morgan fingerprint density at radius 2 is 2.29 bits per heavy atom. The predicted molar refractivity (Wildman–Crippen MR) is 65.4 cm³/mol. The molecule has 0 bridgehead atoms. The van der Waals surface area contributed by atoms with Crippen LogP contribution in [0.25, 0.3) is 0 Å². The molecule has 0 fully saturated rings. The van der Waals surface area contributed by atoms with E-state index in [0.29, 0.717) is 0 Å². The Morgan fingerprint density at radius 3 is 2.86 bits per heavy atom. The molecular formula is C11H18ClNS. The van der Waals surface area contributed by atoms with Crippen LogP contribution in [0.2, 0.25) is 4.34 Å². The summed E-state index contributed by atoms with van der Waals surface area (Å²) in [5.74, 6) is 0.746. The Labute approximate surface area is 95.5 Å². The van der Waals surface area contributed by atoms with Gasteiger partial charge < -0.3 is 5.32 Å². The van der Waals surface area contributed by atoms with Gasteiger partial charge in [-0.2, -0.15) is 0 Å². The molecule has 14 heavy (non-hydrogen) atoms. The molecule has 0 saturated carbocycles. The second-order valence-electron chi connectivity index (χ2n) is 3.66. The fourth-order valence-corrected chi connectivity index (χ4v) is 2.47. The zero-order valence-electron chi connectivity index (χ0n) is 8.85. The largest absolute Gasteiger partial charge is 0.317 e. The summed E-state index contributed by atoms with van der Waals surface area (Å²) in [5.41, 5.74) is 0. The highest BCUT2D eigenvalue weighted by atomic mass is 35.5. The average Bonchev–Trinajstić information content (AvgIpc) is 2.58. The zero-order valence-corrected chi connectivity index (χ0v) is 10.4. The average molecular weight is 232 g/mol. The molecule has 1 rings (SSSR count). The van der Waals surface area contributed by atoms with Gasteiger partial charge in [0.15, 0.2) is 0 Å². The van der Waals surface area contributed by atoms with Gasteiger partial charge in [0.25, 0.3) is 0 Å². The molecular weight excluding hydrogens is 214 g/mol. The van der Waals surface area contributed by atoms with Crippen molar-refractivity contribution >= 4 is 22.9 Å². The van der Waals surface area contributed by atoms with Gasteiger partial charge in [-0.1, -0.05) is 25.4 Å². The van der Waals surface area contributed by atoms with E-state index in [-0.39, 0.29) is 0 Å². The van der Waals surface area contributed by atoms with Crippen LogP contribution in [0.5, 0.6) is 0 Å². The highest BCUT2D eigenvalue weighted by Gasteiger charge is 2.03. The number of hydrogen-bond donors (Lipinski definition) is 1. The number of thiophene rings is 1. The number of rotatable bonds is 6. The standard InChI is InChI=1S/C11H18ClNS/c1-3-13-8-9(2)4-5-10-6-7-11(12)14-10/h6-7,9,13H,3-5,8H2,1-2H3. The molecule has 0 radical (unpaired) electrons. The van der Waals surface area contributed by atoms with Crippen molar-refractivity contribution in [2.45, 2.75) is 26.7 Å². The van der Waals surface area contributed by atoms with Crippen LogP contribution in [0.15, 0.2) is 12.1 Å². The Balaban J connectivity index is 2.20. The maximum absolute atomic E-state index is 5.87. The summed E-state index contributed by atoms with van der Waals surface area (Å²) in [6.45, 7) is 6.62. The molecule has 1 aromatic heterocycles. The molecule has 1 atom stereocenters. The lowest BCUT2D eigenvalue weighted by Crippen LogP contribution is -2.20. The lowest BCUT2D eigenvalue weighted by molar-refractivity contribution is 0.491. The van der Waals surface area contributed by atoms with Crippen molar-refractivity contribution in [2.75, 3.05) is 13.1 Å². The fourth-order valence-electron chi connectivity index (χ4n) is 1.37. The van der Waals surface area contributed by atoms with Crippen molar-refractivity contribution in [3.05, 3.63) is 21.3 Å². The highest BCUT2D eigenvalue weighted by molar-refractivity contribution is 7.16. The first-order chi connectivity index (χ1) is 6.72. The van der Waals surface area contributed by atoms with Gasteiger partial charge in [-0.25, -0.2) is 0 Å². The van der Waals surface area contributed by atoms with Crippen molar-refractivity contribution in [1.29, 1.82) is 0 Å². The third-order valence-electron chi connectivity index (χ3n) is 2.26. The monoisotopic (exact) mass is 231 g/mol. The summed E-state index contributed by atoms with van der Waals surface area (Å²) >= 11 is 7.56. The molecule has 0 saturated heterocycles. The van der Waals surface area contributed by atoms with Gasteiger partial charge in [0.05, 0.1) is 4.34 Å². The van der Waals surface area contributed by atoms with E-state index >= 15 is 0 Å². The summed E-state index contributed by atoms with van der Waals surface area (Å²) in [6.07, 6.45) is 2.40. The lowest BCUT2D eigenvalue weighted by Gasteiger charge is -2.10. The number of halogens is 1. The smallest absolute Gasteiger partial charge is 0.0931 e. The molecule has 0 aliphatic heterocycles. The van der Waals surface area contributed by atoms with Gasteiger partial charge in [-0.05, 0) is 44.0 Å². The quantitative estimate of drug-likeness (QED) is 0.789. The summed E-state index contributed by atoms with van der Waals surface area (Å²) in [4.78, 5) is 1.40. The van der Waals surface area contributed by atoms with Crippen LogP contribution in [-0.2, 0) is 6.42 Å². The molecule has 1 unspecified atom stereocenters. The van der Waals surface area contributed by atoms with E-state index in [9.17, 15) is 0 Å². The highest BCUT2D eigenvalue weighted by Crippen LogP contribution is 2.23. The Hall–Kier alpha value is -0.0500. The molecule has 0 spiro atoms. The number of aryl methyl sites for hydroxylation is 1. The van der Waals surface area contributed by atoms with E-state index in [1.165, 1.54) is 11.3 Å². The SMILES string of the molecule is CCNCC(C)CCc1ccc(Cl)s1. The van der Waals surface area contributed by atoms with Gasteiger partial charge in [-0.15, -0.1) is 11.3 Å². The van der Waals surface area contributed by atoms with Gasteiger partial charge >= 0.3 is 0 Å². The molecule has 1 heterocycles. The van der Waals surface area contributed by atoms with Crippen molar-refractivity contribution in [2.24, 2.45) is 5.92 Å². The van der Waals surface area contributed by atoms with Crippen molar-refractivity contribution in [3.8, 4) is 0 Å². The predicted octanol–water partition coefficient (Wildman–Crippen LogP) is 3.58. The first-order valence-corrected chi connectivity index (χ1v) is 6.36. The van der Waals surface area contributed by atoms with Crippen LogP contribution in [-0.4, -0.2) is 13.1 Å². The summed E-state index contributed by atoms with van der Waals surface area (Å²) in [5, 5.41) is 3.37. The molecule has 0 amide bonds. The van der Waals surface area contributed by atoms with E-state index in [4.69, 9.17) is 11.6 Å². The van der Waals surface area contributed by atoms with E-state index in [1.54, 1.807) is 11.3 Å². The molecule has 0 aromatic carbocycles. The van der Waals surface area contributed by atoms with Gasteiger partial charge in [0.1, 0.15) is 0 Å². The molecule has 1 N–H and O–H groups in total. The van der Waals surface area contributed by atoms with Crippen LogP contribution in [0.1, 0.15) is 25.1 Å². The molecule has 0 aliphatic carbocycles. The topological polar surface area (TPSA) is 12.0 Å². The minimum absolute atomic E-state index is 0.746. The Bertz CT molecular complexity index is 260. The third kappa shape index (κ3) is 4.45. The Morgan fingerprint density at radius 1 is 1.50 bits per heavy atom. The van der Waals surface area contributed by atoms with Crippen LogP contribution in [0, 0.1) is 5.92 Å². The van der Waals surface area contributed by atoms with E-state index in [0.717, 1.165) is 29.8 Å². The fraction of sp³-hybridized carbons (Fsp3) is 0.636. The minimum atomic E-state index is 0.746. The van der Waals surface area contributed by atoms with E-state index in [2.05, 4.69) is 25.2 Å². The second-order valence-corrected chi connectivity index (χ2v) is 5.46. The molecule has 1 nitrogen and oxygen atoms in total. The van der Waals surface area contributed by atoms with Crippen molar-refractivity contribution < 1.29 is 0 Å². The summed E-state index contributed by atoms with van der Waals surface area (Å²) in [6, 6.07) is 4.11. The van der Waals surface area contributed by atoms with E-state index in [1.807, 2.05) is 6.07 Å². The van der Waals surface area contributed by atoms with Gasteiger partial charge in [-0.3, -0.25) is 0 Å². The molecule has 3 heteroatoms. The summed E-state index contributed by atoms with van der Waals surface area (Å²) < 4.78 is 0.902. The normalized spacial score (nSPS) is 13.1. The summed E-state index contributed by atoms with van der Waals surface area (Å²) in [7, 11) is 0. The number of nitrogens with one attached hydrogen (secondary N) is 1. The van der Waals surface area contributed by atoms with Crippen LogP contribution < -0.4 is 5.32 Å². The van der Waals surface area contributed by atoms with Crippen LogP contribution in [0.4, 0.5) is 0 Å².